The highest BCUT2D eigenvalue weighted by Crippen LogP contribution is 2.17. The number of rotatable bonds is 4. The number of alkyl halides is 2. The summed E-state index contributed by atoms with van der Waals surface area (Å²) in [5.41, 5.74) is -0.160. The van der Waals surface area contributed by atoms with Crippen LogP contribution in [-0.4, -0.2) is 24.7 Å². The van der Waals surface area contributed by atoms with E-state index in [2.05, 4.69) is 10.0 Å². The molecular formula is C12H16Cl2N2O3S. The summed E-state index contributed by atoms with van der Waals surface area (Å²) in [5.74, 6) is -0.572. The predicted molar refractivity (Wildman–Crippen MR) is 80.6 cm³/mol. The van der Waals surface area contributed by atoms with E-state index in [9.17, 15) is 13.2 Å². The molecule has 1 amide bonds. The van der Waals surface area contributed by atoms with Crippen LogP contribution in [0.2, 0.25) is 0 Å². The Morgan fingerprint density at radius 1 is 1.15 bits per heavy atom. The van der Waals surface area contributed by atoms with Crippen molar-refractivity contribution in [2.24, 2.45) is 0 Å². The molecule has 0 bridgehead atoms. The maximum absolute atomic E-state index is 12.0. The quantitative estimate of drug-likeness (QED) is 0.828. The standard InChI is InChI=1S/C12H16Cl2N2O3S/c1-12(2,3)16-20(18,19)9-6-4-8(5-7-9)15-11(17)10(13)14/h4-7,10,16H,1-3H3,(H,15,17). The van der Waals surface area contributed by atoms with Gasteiger partial charge in [-0.2, -0.15) is 0 Å². The van der Waals surface area contributed by atoms with E-state index >= 15 is 0 Å². The van der Waals surface area contributed by atoms with Crippen LogP contribution in [0.25, 0.3) is 0 Å². The van der Waals surface area contributed by atoms with Gasteiger partial charge in [-0.1, -0.05) is 23.2 Å². The Kier molecular flexibility index (Phi) is 5.43. The van der Waals surface area contributed by atoms with Crippen molar-refractivity contribution in [2.45, 2.75) is 36.0 Å². The van der Waals surface area contributed by atoms with Crippen molar-refractivity contribution >= 4 is 44.8 Å². The average molecular weight is 339 g/mol. The Morgan fingerprint density at radius 2 is 1.65 bits per heavy atom. The first kappa shape index (κ1) is 17.2. The van der Waals surface area contributed by atoms with Crippen LogP contribution in [0, 0.1) is 0 Å². The van der Waals surface area contributed by atoms with E-state index in [0.29, 0.717) is 5.69 Å². The summed E-state index contributed by atoms with van der Waals surface area (Å²) in [6.45, 7) is 5.25. The number of sulfonamides is 1. The van der Waals surface area contributed by atoms with Gasteiger partial charge in [0.05, 0.1) is 4.90 Å². The second kappa shape index (κ2) is 6.30. The lowest BCUT2D eigenvalue weighted by atomic mass is 10.1. The van der Waals surface area contributed by atoms with Crippen molar-refractivity contribution in [2.75, 3.05) is 5.32 Å². The fourth-order valence-corrected chi connectivity index (χ4v) is 2.90. The van der Waals surface area contributed by atoms with Crippen LogP contribution in [0.4, 0.5) is 5.69 Å². The van der Waals surface area contributed by atoms with Gasteiger partial charge in [0.15, 0.2) is 4.84 Å². The zero-order valence-corrected chi connectivity index (χ0v) is 13.6. The molecule has 0 saturated carbocycles. The third-order valence-electron chi connectivity index (χ3n) is 2.07. The van der Waals surface area contributed by atoms with Crippen molar-refractivity contribution in [3.05, 3.63) is 24.3 Å². The molecule has 5 nitrogen and oxygen atoms in total. The highest BCUT2D eigenvalue weighted by atomic mass is 35.5. The fraction of sp³-hybridized carbons (Fsp3) is 0.417. The lowest BCUT2D eigenvalue weighted by Crippen LogP contribution is -2.40. The first-order valence-corrected chi connectivity index (χ1v) is 8.10. The van der Waals surface area contributed by atoms with E-state index in [1.165, 1.54) is 24.3 Å². The zero-order valence-electron chi connectivity index (χ0n) is 11.3. The third-order valence-corrected chi connectivity index (χ3v) is 4.24. The van der Waals surface area contributed by atoms with Gasteiger partial charge < -0.3 is 5.32 Å². The Labute approximate surface area is 128 Å². The van der Waals surface area contributed by atoms with Gasteiger partial charge in [-0.05, 0) is 45.0 Å². The van der Waals surface area contributed by atoms with Gasteiger partial charge in [0.1, 0.15) is 0 Å². The van der Waals surface area contributed by atoms with E-state index < -0.39 is 26.3 Å². The van der Waals surface area contributed by atoms with Gasteiger partial charge >= 0.3 is 0 Å². The SMILES string of the molecule is CC(C)(C)NS(=O)(=O)c1ccc(NC(=O)C(Cl)Cl)cc1. The number of hydrogen-bond acceptors (Lipinski definition) is 3. The fourth-order valence-electron chi connectivity index (χ4n) is 1.38. The molecule has 112 valence electrons. The molecule has 1 aromatic carbocycles. The molecule has 1 aromatic rings. The lowest BCUT2D eigenvalue weighted by Gasteiger charge is -2.20. The van der Waals surface area contributed by atoms with Gasteiger partial charge in [0.2, 0.25) is 10.0 Å². The van der Waals surface area contributed by atoms with E-state index in [1.54, 1.807) is 20.8 Å². The number of hydrogen-bond donors (Lipinski definition) is 2. The van der Waals surface area contributed by atoms with Gasteiger partial charge in [-0.25, -0.2) is 13.1 Å². The highest BCUT2D eigenvalue weighted by Gasteiger charge is 2.21. The number of anilines is 1. The third kappa shape index (κ3) is 5.28. The second-order valence-electron chi connectivity index (χ2n) is 5.17. The first-order valence-electron chi connectivity index (χ1n) is 5.74. The van der Waals surface area contributed by atoms with Crippen LogP contribution in [0.3, 0.4) is 0 Å². The van der Waals surface area contributed by atoms with Crippen molar-refractivity contribution < 1.29 is 13.2 Å². The topological polar surface area (TPSA) is 75.3 Å². The molecule has 0 atom stereocenters. The Balaban J connectivity index is 2.89. The van der Waals surface area contributed by atoms with Gasteiger partial charge in [0.25, 0.3) is 5.91 Å². The number of carbonyl (C=O) groups excluding carboxylic acids is 1. The lowest BCUT2D eigenvalue weighted by molar-refractivity contribution is -0.114. The molecule has 0 radical (unpaired) electrons. The molecule has 0 spiro atoms. The molecule has 20 heavy (non-hydrogen) atoms. The summed E-state index contributed by atoms with van der Waals surface area (Å²) in [5, 5.41) is 2.45. The molecule has 0 heterocycles. The minimum Gasteiger partial charge on any atom is -0.324 e. The molecule has 2 N–H and O–H groups in total. The van der Waals surface area contributed by atoms with Crippen molar-refractivity contribution in [1.29, 1.82) is 0 Å². The van der Waals surface area contributed by atoms with Crippen LogP contribution in [-0.2, 0) is 14.8 Å². The highest BCUT2D eigenvalue weighted by molar-refractivity contribution is 7.89. The van der Waals surface area contributed by atoms with Gasteiger partial charge in [-0.15, -0.1) is 0 Å². The van der Waals surface area contributed by atoms with Crippen LogP contribution in [0.1, 0.15) is 20.8 Å². The van der Waals surface area contributed by atoms with Crippen LogP contribution < -0.4 is 10.0 Å². The first-order chi connectivity index (χ1) is 9.01. The number of benzene rings is 1. The van der Waals surface area contributed by atoms with E-state index in [-0.39, 0.29) is 4.90 Å². The number of carbonyl (C=O) groups is 1. The molecule has 1 rings (SSSR count). The molecule has 0 aromatic heterocycles. The summed E-state index contributed by atoms with van der Waals surface area (Å²) in [6.07, 6.45) is 0. The van der Waals surface area contributed by atoms with Crippen LogP contribution in [0.15, 0.2) is 29.2 Å². The monoisotopic (exact) mass is 338 g/mol. The largest absolute Gasteiger partial charge is 0.324 e. The van der Waals surface area contributed by atoms with Crippen molar-refractivity contribution in [3.8, 4) is 0 Å². The molecule has 0 fully saturated rings. The molecule has 0 aliphatic heterocycles. The Hall–Kier alpha value is -0.820. The van der Waals surface area contributed by atoms with E-state index in [0.717, 1.165) is 0 Å². The average Bonchev–Trinajstić information content (AvgIpc) is 2.26. The summed E-state index contributed by atoms with van der Waals surface area (Å²) in [4.78, 5) is 10.2. The number of nitrogens with one attached hydrogen (secondary N) is 2. The number of halogens is 2. The van der Waals surface area contributed by atoms with E-state index in [4.69, 9.17) is 23.2 Å². The molecule has 8 heteroatoms. The van der Waals surface area contributed by atoms with Crippen molar-refractivity contribution in [1.82, 2.24) is 4.72 Å². The molecule has 0 aliphatic carbocycles. The molecule has 0 aliphatic rings. The summed E-state index contributed by atoms with van der Waals surface area (Å²) < 4.78 is 26.6. The van der Waals surface area contributed by atoms with Crippen LogP contribution >= 0.6 is 23.2 Å². The normalized spacial score (nSPS) is 12.5. The minimum absolute atomic E-state index is 0.110. The minimum atomic E-state index is -3.59. The van der Waals surface area contributed by atoms with Gasteiger partial charge in [0, 0.05) is 11.2 Å². The van der Waals surface area contributed by atoms with Gasteiger partial charge in [-0.3, -0.25) is 4.79 Å². The second-order valence-corrected chi connectivity index (χ2v) is 7.95. The molecular weight excluding hydrogens is 323 g/mol. The Bertz CT molecular complexity index is 578. The summed E-state index contributed by atoms with van der Waals surface area (Å²) in [6, 6.07) is 5.71. The smallest absolute Gasteiger partial charge is 0.257 e. The maximum Gasteiger partial charge on any atom is 0.257 e. The molecule has 0 saturated heterocycles. The predicted octanol–water partition coefficient (Wildman–Crippen LogP) is 2.51. The van der Waals surface area contributed by atoms with Crippen molar-refractivity contribution in [3.63, 3.8) is 0 Å². The van der Waals surface area contributed by atoms with Crippen LogP contribution in [0.5, 0.6) is 0 Å². The summed E-state index contributed by atoms with van der Waals surface area (Å²) in [7, 11) is -3.59. The Morgan fingerprint density at radius 3 is 2.05 bits per heavy atom. The molecule has 0 unspecified atom stereocenters. The summed E-state index contributed by atoms with van der Waals surface area (Å²) >= 11 is 10.8. The zero-order chi connectivity index (χ0) is 15.6. The maximum atomic E-state index is 12.0. The number of amides is 1. The van der Waals surface area contributed by atoms with E-state index in [1.807, 2.05) is 0 Å².